The highest BCUT2D eigenvalue weighted by molar-refractivity contribution is 5.90. The third-order valence-corrected chi connectivity index (χ3v) is 5.68. The summed E-state index contributed by atoms with van der Waals surface area (Å²) in [6, 6.07) is 4.29. The number of nitrogens with zero attached hydrogens (tertiary/aromatic N) is 7. The summed E-state index contributed by atoms with van der Waals surface area (Å²) in [7, 11) is 0. The first-order chi connectivity index (χ1) is 16.8. The second-order valence-corrected chi connectivity index (χ2v) is 8.01. The van der Waals surface area contributed by atoms with Gasteiger partial charge in [0.15, 0.2) is 5.78 Å². The molecule has 0 spiro atoms. The molecule has 2 aromatic rings. The van der Waals surface area contributed by atoms with E-state index in [0.717, 1.165) is 0 Å². The second kappa shape index (κ2) is 10.7. The van der Waals surface area contributed by atoms with Crippen molar-refractivity contribution in [3.8, 4) is 0 Å². The molecule has 2 aliphatic rings. The molecule has 2 saturated heterocycles. The van der Waals surface area contributed by atoms with E-state index in [4.69, 9.17) is 4.74 Å². The van der Waals surface area contributed by atoms with E-state index in [0.29, 0.717) is 31.9 Å². The summed E-state index contributed by atoms with van der Waals surface area (Å²) in [6.45, 7) is 1.46. The number of rotatable bonds is 8. The zero-order valence-electron chi connectivity index (χ0n) is 18.5. The number of alkyl halides is 2. The Morgan fingerprint density at radius 2 is 2.06 bits per heavy atom. The minimum absolute atomic E-state index is 0.0279. The van der Waals surface area contributed by atoms with Gasteiger partial charge in [-0.15, -0.1) is 5.10 Å². The van der Waals surface area contributed by atoms with Crippen LogP contribution in [0.25, 0.3) is 0 Å². The number of nitrogens with one attached hydrogen (secondary N) is 1. The average Bonchev–Trinajstić information content (AvgIpc) is 3.39. The van der Waals surface area contributed by atoms with Crippen LogP contribution >= 0.6 is 0 Å². The van der Waals surface area contributed by atoms with E-state index in [-0.39, 0.29) is 31.1 Å². The van der Waals surface area contributed by atoms with Crippen molar-refractivity contribution in [2.75, 3.05) is 42.5 Å². The van der Waals surface area contributed by atoms with E-state index in [1.807, 2.05) is 0 Å². The van der Waals surface area contributed by atoms with Crippen LogP contribution < -0.4 is 15.2 Å². The highest BCUT2D eigenvalue weighted by atomic mass is 19.3. The maximum Gasteiger partial charge on any atom is 0.414 e. The average molecular weight is 496 g/mol. The molecule has 1 aromatic carbocycles. The summed E-state index contributed by atoms with van der Waals surface area (Å²) in [5, 5.41) is 12.1. The van der Waals surface area contributed by atoms with Crippen LogP contribution in [0.3, 0.4) is 0 Å². The minimum atomic E-state index is -3.06. The second-order valence-electron chi connectivity index (χ2n) is 8.01. The van der Waals surface area contributed by atoms with Gasteiger partial charge in [0.1, 0.15) is 24.8 Å². The highest BCUT2D eigenvalue weighted by Crippen LogP contribution is 2.29. The molecule has 1 N–H and O–H groups in total. The molecule has 1 aromatic heterocycles. The first-order valence-electron chi connectivity index (χ1n) is 10.9. The van der Waals surface area contributed by atoms with Gasteiger partial charge in [-0.3, -0.25) is 19.5 Å². The Labute approximate surface area is 197 Å². The normalized spacial score (nSPS) is 18.7. The van der Waals surface area contributed by atoms with Crippen molar-refractivity contribution < 1.29 is 32.3 Å². The largest absolute Gasteiger partial charge is 0.444 e. The molecule has 0 saturated carbocycles. The van der Waals surface area contributed by atoms with E-state index in [9.17, 15) is 23.2 Å². The van der Waals surface area contributed by atoms with Crippen molar-refractivity contribution in [1.29, 1.82) is 0 Å². The van der Waals surface area contributed by atoms with Crippen molar-refractivity contribution in [1.82, 2.24) is 30.6 Å². The smallest absolute Gasteiger partial charge is 0.414 e. The molecule has 188 valence electrons. The van der Waals surface area contributed by atoms with Crippen molar-refractivity contribution in [2.24, 2.45) is 0 Å². The molecule has 1 atom stereocenters. The number of halogens is 3. The third-order valence-electron chi connectivity index (χ3n) is 5.68. The van der Waals surface area contributed by atoms with Crippen LogP contribution in [0.15, 0.2) is 24.5 Å². The van der Waals surface area contributed by atoms with Crippen molar-refractivity contribution in [3.05, 3.63) is 30.3 Å². The number of aromatic nitrogens is 4. The lowest BCUT2D eigenvalue weighted by Gasteiger charge is -2.24. The SMILES string of the molecule is O=C(CC[C@H]1CN(c2ccc(N3CCNN(C(=O)Cn4cnnn4)CC3)c(F)c2)C(=O)O1)C(F)F. The standard InChI is InChI=1S/C20H23F3N8O4/c21-15-9-13(30-10-14(35-20(30)34)2-4-17(32)19(22)23)1-3-16(15)28-6-5-25-31(8-7-28)18(33)11-29-12-24-26-27-29/h1,3,9,12,14,19,25H,2,4-8,10-11H2/t14-/m0/s1. The van der Waals surface area contributed by atoms with Gasteiger partial charge < -0.3 is 9.64 Å². The maximum absolute atomic E-state index is 15.0. The number of benzene rings is 1. The number of ketones is 1. The number of carbonyl (C=O) groups excluding carboxylic acids is 3. The third kappa shape index (κ3) is 5.85. The number of hydrazine groups is 1. The number of hydrogen-bond acceptors (Lipinski definition) is 9. The maximum atomic E-state index is 15.0. The zero-order chi connectivity index (χ0) is 24.9. The van der Waals surface area contributed by atoms with Gasteiger partial charge in [0, 0.05) is 26.1 Å². The predicted molar refractivity (Wildman–Crippen MR) is 114 cm³/mol. The zero-order valence-corrected chi connectivity index (χ0v) is 18.5. The number of carbonyl (C=O) groups is 3. The van der Waals surface area contributed by atoms with Gasteiger partial charge in [-0.1, -0.05) is 0 Å². The number of cyclic esters (lactones) is 1. The van der Waals surface area contributed by atoms with Gasteiger partial charge in [-0.2, -0.15) is 0 Å². The first-order valence-corrected chi connectivity index (χ1v) is 10.9. The van der Waals surface area contributed by atoms with Gasteiger partial charge in [-0.25, -0.2) is 28.1 Å². The van der Waals surface area contributed by atoms with Crippen LogP contribution in [0.5, 0.6) is 0 Å². The number of amides is 2. The Bertz CT molecular complexity index is 1070. The minimum Gasteiger partial charge on any atom is -0.444 e. The van der Waals surface area contributed by atoms with Crippen molar-refractivity contribution in [2.45, 2.75) is 31.9 Å². The topological polar surface area (TPSA) is 126 Å². The lowest BCUT2D eigenvalue weighted by molar-refractivity contribution is -0.134. The Kier molecular flexibility index (Phi) is 7.43. The molecule has 0 bridgehead atoms. The van der Waals surface area contributed by atoms with Gasteiger partial charge in [-0.05, 0) is 35.0 Å². The van der Waals surface area contributed by atoms with E-state index < -0.39 is 36.6 Å². The summed E-state index contributed by atoms with van der Waals surface area (Å²) < 4.78 is 46.2. The number of Topliss-reactive ketones (excluding diaryl/α,β-unsaturated/α-hetero) is 1. The fourth-order valence-corrected chi connectivity index (χ4v) is 3.88. The Morgan fingerprint density at radius 1 is 1.23 bits per heavy atom. The van der Waals surface area contributed by atoms with E-state index in [1.165, 1.54) is 33.1 Å². The summed E-state index contributed by atoms with van der Waals surface area (Å²) in [4.78, 5) is 38.7. The van der Waals surface area contributed by atoms with E-state index in [1.54, 1.807) is 11.0 Å². The quantitative estimate of drug-likeness (QED) is 0.559. The molecule has 12 nitrogen and oxygen atoms in total. The van der Waals surface area contributed by atoms with Crippen LogP contribution in [-0.4, -0.2) is 88.3 Å². The molecule has 3 heterocycles. The van der Waals surface area contributed by atoms with E-state index in [2.05, 4.69) is 21.0 Å². The fraction of sp³-hybridized carbons (Fsp3) is 0.500. The molecule has 0 unspecified atom stereocenters. The Balaban J connectivity index is 1.35. The van der Waals surface area contributed by atoms with Crippen molar-refractivity contribution in [3.63, 3.8) is 0 Å². The molecule has 35 heavy (non-hydrogen) atoms. The highest BCUT2D eigenvalue weighted by Gasteiger charge is 2.33. The van der Waals surface area contributed by atoms with Gasteiger partial charge in [0.05, 0.1) is 24.5 Å². The number of anilines is 2. The fourth-order valence-electron chi connectivity index (χ4n) is 3.88. The Hall–Kier alpha value is -3.75. The molecule has 4 rings (SSSR count). The van der Waals surface area contributed by atoms with E-state index >= 15 is 4.39 Å². The Morgan fingerprint density at radius 3 is 2.77 bits per heavy atom. The monoisotopic (exact) mass is 496 g/mol. The lowest BCUT2D eigenvalue weighted by atomic mass is 10.1. The van der Waals surface area contributed by atoms with Crippen LogP contribution in [0, 0.1) is 5.82 Å². The molecule has 0 aliphatic carbocycles. The first kappa shape index (κ1) is 24.4. The summed E-state index contributed by atoms with van der Waals surface area (Å²) in [6.07, 6.45) is -3.64. The lowest BCUT2D eigenvalue weighted by Crippen LogP contribution is -2.45. The summed E-state index contributed by atoms with van der Waals surface area (Å²) >= 11 is 0. The van der Waals surface area contributed by atoms with Crippen LogP contribution in [0.2, 0.25) is 0 Å². The van der Waals surface area contributed by atoms with Crippen molar-refractivity contribution >= 4 is 29.2 Å². The molecular weight excluding hydrogens is 473 g/mol. The van der Waals surface area contributed by atoms with Gasteiger partial charge in [0.25, 0.3) is 12.3 Å². The van der Waals surface area contributed by atoms with Gasteiger partial charge in [0.2, 0.25) is 0 Å². The molecule has 2 amide bonds. The van der Waals surface area contributed by atoms with Crippen LogP contribution in [-0.2, 0) is 20.9 Å². The molecule has 0 radical (unpaired) electrons. The van der Waals surface area contributed by atoms with Gasteiger partial charge >= 0.3 is 6.09 Å². The summed E-state index contributed by atoms with van der Waals surface area (Å²) in [5.41, 5.74) is 3.56. The molecule has 2 aliphatic heterocycles. The molecule has 2 fully saturated rings. The molecular formula is C20H23F3N8O4. The number of hydrogen-bond donors (Lipinski definition) is 1. The predicted octanol–water partition coefficient (Wildman–Crippen LogP) is 0.605. The number of ether oxygens (including phenoxy) is 1. The van der Waals surface area contributed by atoms with Crippen LogP contribution in [0.4, 0.5) is 29.3 Å². The number of tetrazole rings is 1. The van der Waals surface area contributed by atoms with Crippen LogP contribution in [0.1, 0.15) is 12.8 Å². The molecule has 15 heteroatoms. The summed E-state index contributed by atoms with van der Waals surface area (Å²) in [5.74, 6) is -2.02.